The predicted octanol–water partition coefficient (Wildman–Crippen LogP) is 1.71. The summed E-state index contributed by atoms with van der Waals surface area (Å²) in [4.78, 5) is 5.60. The molecule has 2 heteroatoms. The molecule has 0 atom stereocenters. The van der Waals surface area contributed by atoms with Crippen LogP contribution in [0.3, 0.4) is 0 Å². The van der Waals surface area contributed by atoms with Crippen LogP contribution in [0.1, 0.15) is 17.5 Å². The molecule has 2 heterocycles. The van der Waals surface area contributed by atoms with Crippen molar-refractivity contribution < 1.29 is 0 Å². The summed E-state index contributed by atoms with van der Waals surface area (Å²) in [5, 5.41) is 0. The Morgan fingerprint density at radius 1 is 1.55 bits per heavy atom. The summed E-state index contributed by atoms with van der Waals surface area (Å²) in [5.74, 6) is 1.33. The number of fused-ring (bicyclic) bond motifs is 1. The second-order valence-electron chi connectivity index (χ2n) is 3.32. The van der Waals surface area contributed by atoms with Crippen LogP contribution in [0.15, 0.2) is 6.20 Å². The lowest BCUT2D eigenvalue weighted by Crippen LogP contribution is -2.24. The summed E-state index contributed by atoms with van der Waals surface area (Å²) >= 11 is 0. The molecular formula is C9H14N2. The van der Waals surface area contributed by atoms with Crippen LogP contribution in [0.4, 0.5) is 5.82 Å². The number of aromatic nitrogens is 1. The van der Waals surface area contributed by atoms with Crippen LogP contribution in [-0.4, -0.2) is 18.6 Å². The van der Waals surface area contributed by atoms with Gasteiger partial charge >= 0.3 is 0 Å². The van der Waals surface area contributed by atoms with Gasteiger partial charge in [0.15, 0.2) is 0 Å². The van der Waals surface area contributed by atoms with Crippen molar-refractivity contribution in [2.45, 2.75) is 19.8 Å². The molecule has 0 aliphatic carbocycles. The monoisotopic (exact) mass is 150 g/mol. The summed E-state index contributed by atoms with van der Waals surface area (Å²) in [6.45, 7) is 3.36. The average molecular weight is 150 g/mol. The standard InChI is InChI=1S/C9H14N2/c1-7-6-10-9-8(7)4-3-5-11(9)2/h6,10H,3-5H2,1-2H3. The summed E-state index contributed by atoms with van der Waals surface area (Å²) in [5.41, 5.74) is 2.92. The van der Waals surface area contributed by atoms with Gasteiger partial charge in [-0.25, -0.2) is 0 Å². The van der Waals surface area contributed by atoms with Crippen molar-refractivity contribution in [3.8, 4) is 0 Å². The fourth-order valence-corrected chi connectivity index (χ4v) is 1.80. The van der Waals surface area contributed by atoms with Crippen molar-refractivity contribution in [1.29, 1.82) is 0 Å². The van der Waals surface area contributed by atoms with Crippen molar-refractivity contribution in [2.24, 2.45) is 0 Å². The minimum atomic E-state index is 1.19. The number of rotatable bonds is 0. The number of anilines is 1. The molecule has 0 spiro atoms. The average Bonchev–Trinajstić information content (AvgIpc) is 2.35. The van der Waals surface area contributed by atoms with Crippen LogP contribution in [0.2, 0.25) is 0 Å². The first-order valence-corrected chi connectivity index (χ1v) is 4.17. The molecular weight excluding hydrogens is 136 g/mol. The van der Waals surface area contributed by atoms with Gasteiger partial charge in [0.2, 0.25) is 0 Å². The second kappa shape index (κ2) is 2.29. The maximum absolute atomic E-state index is 3.30. The van der Waals surface area contributed by atoms with E-state index in [1.807, 2.05) is 0 Å². The summed E-state index contributed by atoms with van der Waals surface area (Å²) in [6, 6.07) is 0. The molecule has 11 heavy (non-hydrogen) atoms. The van der Waals surface area contributed by atoms with Gasteiger partial charge < -0.3 is 9.88 Å². The zero-order chi connectivity index (χ0) is 7.84. The molecule has 1 aliphatic rings. The number of H-pyrrole nitrogens is 1. The largest absolute Gasteiger partial charge is 0.361 e. The summed E-state index contributed by atoms with van der Waals surface area (Å²) < 4.78 is 0. The third kappa shape index (κ3) is 0.934. The highest BCUT2D eigenvalue weighted by atomic mass is 15.2. The molecule has 0 fully saturated rings. The van der Waals surface area contributed by atoms with E-state index in [2.05, 4.69) is 30.1 Å². The van der Waals surface area contributed by atoms with E-state index in [1.54, 1.807) is 0 Å². The lowest BCUT2D eigenvalue weighted by molar-refractivity contribution is 0.737. The number of nitrogens with one attached hydrogen (secondary N) is 1. The highest BCUT2D eigenvalue weighted by molar-refractivity contribution is 5.52. The van der Waals surface area contributed by atoms with Gasteiger partial charge in [-0.15, -0.1) is 0 Å². The van der Waals surface area contributed by atoms with E-state index in [-0.39, 0.29) is 0 Å². The Hall–Kier alpha value is -0.920. The van der Waals surface area contributed by atoms with E-state index >= 15 is 0 Å². The SMILES string of the molecule is Cc1c[nH]c2c1CCCN2C. The fraction of sp³-hybridized carbons (Fsp3) is 0.556. The molecule has 0 bridgehead atoms. The zero-order valence-corrected chi connectivity index (χ0v) is 7.15. The number of aryl methyl sites for hydroxylation is 1. The van der Waals surface area contributed by atoms with Crippen LogP contribution in [0.5, 0.6) is 0 Å². The molecule has 1 N–H and O–H groups in total. The Kier molecular flexibility index (Phi) is 1.41. The van der Waals surface area contributed by atoms with Gasteiger partial charge in [0.05, 0.1) is 0 Å². The van der Waals surface area contributed by atoms with Gasteiger partial charge in [0.25, 0.3) is 0 Å². The van der Waals surface area contributed by atoms with Crippen molar-refractivity contribution in [1.82, 2.24) is 4.98 Å². The van der Waals surface area contributed by atoms with Crippen LogP contribution in [0, 0.1) is 6.92 Å². The van der Waals surface area contributed by atoms with Gasteiger partial charge in [0, 0.05) is 19.8 Å². The van der Waals surface area contributed by atoms with E-state index in [0.717, 1.165) is 0 Å². The Morgan fingerprint density at radius 3 is 3.09 bits per heavy atom. The Bertz CT molecular complexity index is 263. The molecule has 0 saturated heterocycles. The van der Waals surface area contributed by atoms with Gasteiger partial charge in [-0.1, -0.05) is 0 Å². The lowest BCUT2D eigenvalue weighted by Gasteiger charge is -2.24. The minimum absolute atomic E-state index is 1.19. The third-order valence-electron chi connectivity index (χ3n) is 2.49. The normalized spacial score (nSPS) is 16.7. The molecule has 0 radical (unpaired) electrons. The molecule has 1 aliphatic heterocycles. The number of hydrogen-bond acceptors (Lipinski definition) is 1. The second-order valence-corrected chi connectivity index (χ2v) is 3.32. The van der Waals surface area contributed by atoms with E-state index in [4.69, 9.17) is 0 Å². The van der Waals surface area contributed by atoms with Crippen molar-refractivity contribution in [2.75, 3.05) is 18.5 Å². The molecule has 1 aromatic rings. The Balaban J connectivity index is 2.46. The van der Waals surface area contributed by atoms with Crippen molar-refractivity contribution in [3.05, 3.63) is 17.3 Å². The zero-order valence-electron chi connectivity index (χ0n) is 7.15. The maximum Gasteiger partial charge on any atom is 0.109 e. The first kappa shape index (κ1) is 6.77. The number of hydrogen-bond donors (Lipinski definition) is 1. The number of nitrogens with zero attached hydrogens (tertiary/aromatic N) is 1. The highest BCUT2D eigenvalue weighted by Gasteiger charge is 2.16. The lowest BCUT2D eigenvalue weighted by atomic mass is 10.0. The minimum Gasteiger partial charge on any atom is -0.361 e. The smallest absolute Gasteiger partial charge is 0.109 e. The van der Waals surface area contributed by atoms with Crippen molar-refractivity contribution in [3.63, 3.8) is 0 Å². The molecule has 2 nitrogen and oxygen atoms in total. The molecule has 0 saturated carbocycles. The summed E-state index contributed by atoms with van der Waals surface area (Å²) in [6.07, 6.45) is 4.64. The predicted molar refractivity (Wildman–Crippen MR) is 47.1 cm³/mol. The molecule has 1 aromatic heterocycles. The van der Waals surface area contributed by atoms with Gasteiger partial charge in [-0.2, -0.15) is 0 Å². The number of aromatic amines is 1. The van der Waals surface area contributed by atoms with E-state index < -0.39 is 0 Å². The summed E-state index contributed by atoms with van der Waals surface area (Å²) in [7, 11) is 2.15. The van der Waals surface area contributed by atoms with Crippen LogP contribution >= 0.6 is 0 Å². The Morgan fingerprint density at radius 2 is 2.36 bits per heavy atom. The van der Waals surface area contributed by atoms with E-state index in [1.165, 1.54) is 36.3 Å². The van der Waals surface area contributed by atoms with Crippen molar-refractivity contribution >= 4 is 5.82 Å². The molecule has 0 unspecified atom stereocenters. The van der Waals surface area contributed by atoms with E-state index in [9.17, 15) is 0 Å². The Labute approximate surface area is 67.2 Å². The molecule has 0 amide bonds. The first-order valence-electron chi connectivity index (χ1n) is 4.17. The molecule has 0 aromatic carbocycles. The maximum atomic E-state index is 3.30. The van der Waals surface area contributed by atoms with Gasteiger partial charge in [0.1, 0.15) is 5.82 Å². The highest BCUT2D eigenvalue weighted by Crippen LogP contribution is 2.26. The van der Waals surface area contributed by atoms with Crippen LogP contribution < -0.4 is 4.90 Å². The van der Waals surface area contributed by atoms with Crippen LogP contribution in [0.25, 0.3) is 0 Å². The third-order valence-corrected chi connectivity index (χ3v) is 2.49. The molecule has 60 valence electrons. The van der Waals surface area contributed by atoms with Gasteiger partial charge in [-0.3, -0.25) is 0 Å². The quantitative estimate of drug-likeness (QED) is 0.596. The first-order chi connectivity index (χ1) is 5.29. The van der Waals surface area contributed by atoms with Gasteiger partial charge in [-0.05, 0) is 30.9 Å². The fourth-order valence-electron chi connectivity index (χ4n) is 1.80. The topological polar surface area (TPSA) is 19.0 Å². The van der Waals surface area contributed by atoms with Crippen LogP contribution in [-0.2, 0) is 6.42 Å². The molecule has 2 rings (SSSR count). The van der Waals surface area contributed by atoms with E-state index in [0.29, 0.717) is 0 Å².